The quantitative estimate of drug-likeness (QED) is 0.860. The standard InChI is InChI=1S/C16H16ClFN2O/c17-13-6-2-4-8-15(13)20-11-16(21)19-10-9-12-5-1-3-7-14(12)18/h1-8,20H,9-11H2,(H,19,21). The topological polar surface area (TPSA) is 41.1 Å². The van der Waals surface area contributed by atoms with Gasteiger partial charge in [-0.15, -0.1) is 0 Å². The van der Waals surface area contributed by atoms with Crippen molar-refractivity contribution in [2.75, 3.05) is 18.4 Å². The highest BCUT2D eigenvalue weighted by atomic mass is 35.5. The smallest absolute Gasteiger partial charge is 0.239 e. The van der Waals surface area contributed by atoms with Crippen molar-refractivity contribution in [1.82, 2.24) is 5.32 Å². The van der Waals surface area contributed by atoms with Gasteiger partial charge in [-0.1, -0.05) is 41.9 Å². The Morgan fingerprint density at radius 2 is 1.81 bits per heavy atom. The molecule has 2 N–H and O–H groups in total. The summed E-state index contributed by atoms with van der Waals surface area (Å²) < 4.78 is 13.4. The van der Waals surface area contributed by atoms with Gasteiger partial charge >= 0.3 is 0 Å². The van der Waals surface area contributed by atoms with E-state index in [2.05, 4.69) is 10.6 Å². The number of hydrogen-bond donors (Lipinski definition) is 2. The normalized spacial score (nSPS) is 10.2. The van der Waals surface area contributed by atoms with Gasteiger partial charge in [-0.3, -0.25) is 4.79 Å². The molecule has 0 aliphatic heterocycles. The maximum atomic E-state index is 13.4. The van der Waals surface area contributed by atoms with Crippen LogP contribution in [0.3, 0.4) is 0 Å². The molecule has 0 aliphatic rings. The molecule has 0 unspecified atom stereocenters. The number of amides is 1. The maximum Gasteiger partial charge on any atom is 0.239 e. The highest BCUT2D eigenvalue weighted by Gasteiger charge is 2.04. The summed E-state index contributed by atoms with van der Waals surface area (Å²) in [6.07, 6.45) is 0.463. The van der Waals surface area contributed by atoms with Crippen molar-refractivity contribution in [1.29, 1.82) is 0 Å². The van der Waals surface area contributed by atoms with Gasteiger partial charge < -0.3 is 10.6 Å². The minimum absolute atomic E-state index is 0.126. The van der Waals surface area contributed by atoms with Crippen molar-refractivity contribution in [3.05, 3.63) is 64.9 Å². The van der Waals surface area contributed by atoms with Crippen LogP contribution < -0.4 is 10.6 Å². The molecule has 1 amide bonds. The van der Waals surface area contributed by atoms with Crippen molar-refractivity contribution in [3.8, 4) is 0 Å². The molecule has 0 radical (unpaired) electrons. The van der Waals surface area contributed by atoms with E-state index in [9.17, 15) is 9.18 Å². The zero-order valence-electron chi connectivity index (χ0n) is 11.4. The van der Waals surface area contributed by atoms with Crippen LogP contribution in [0.25, 0.3) is 0 Å². The van der Waals surface area contributed by atoms with Crippen LogP contribution >= 0.6 is 11.6 Å². The molecule has 110 valence electrons. The predicted octanol–water partition coefficient (Wildman–Crippen LogP) is 3.25. The highest BCUT2D eigenvalue weighted by Crippen LogP contribution is 2.19. The van der Waals surface area contributed by atoms with E-state index in [4.69, 9.17) is 11.6 Å². The number of rotatable bonds is 6. The summed E-state index contributed by atoms with van der Waals surface area (Å²) in [4.78, 5) is 11.7. The molecule has 2 rings (SSSR count). The zero-order chi connectivity index (χ0) is 15.1. The van der Waals surface area contributed by atoms with E-state index in [1.807, 2.05) is 12.1 Å². The van der Waals surface area contributed by atoms with Crippen molar-refractivity contribution in [2.45, 2.75) is 6.42 Å². The van der Waals surface area contributed by atoms with Crippen LogP contribution in [0.1, 0.15) is 5.56 Å². The van der Waals surface area contributed by atoms with Crippen LogP contribution in [0.4, 0.5) is 10.1 Å². The van der Waals surface area contributed by atoms with Crippen LogP contribution in [0, 0.1) is 5.82 Å². The fourth-order valence-corrected chi connectivity index (χ4v) is 2.08. The molecule has 0 aromatic heterocycles. The summed E-state index contributed by atoms with van der Waals surface area (Å²) in [6.45, 7) is 0.519. The van der Waals surface area contributed by atoms with E-state index in [1.54, 1.807) is 30.3 Å². The van der Waals surface area contributed by atoms with Gasteiger partial charge in [-0.2, -0.15) is 0 Å². The summed E-state index contributed by atoms with van der Waals surface area (Å²) in [5, 5.41) is 6.26. The molecule has 0 saturated carbocycles. The average Bonchev–Trinajstić information content (AvgIpc) is 2.48. The number of carbonyl (C=O) groups excluding carboxylic acids is 1. The Morgan fingerprint density at radius 3 is 2.57 bits per heavy atom. The molecule has 0 fully saturated rings. The lowest BCUT2D eigenvalue weighted by atomic mass is 10.1. The molecule has 3 nitrogen and oxygen atoms in total. The lowest BCUT2D eigenvalue weighted by Crippen LogP contribution is -2.31. The third kappa shape index (κ3) is 4.76. The van der Waals surface area contributed by atoms with Gasteiger partial charge in [0.05, 0.1) is 17.3 Å². The Hall–Kier alpha value is -2.07. The third-order valence-electron chi connectivity index (χ3n) is 2.99. The van der Waals surface area contributed by atoms with Gasteiger partial charge in [-0.25, -0.2) is 4.39 Å². The van der Waals surface area contributed by atoms with Crippen molar-refractivity contribution >= 4 is 23.2 Å². The molecule has 2 aromatic rings. The van der Waals surface area contributed by atoms with Gasteiger partial charge in [0.2, 0.25) is 5.91 Å². The number of para-hydroxylation sites is 1. The fourth-order valence-electron chi connectivity index (χ4n) is 1.88. The van der Waals surface area contributed by atoms with Crippen molar-refractivity contribution in [3.63, 3.8) is 0 Å². The predicted molar refractivity (Wildman–Crippen MR) is 83.1 cm³/mol. The van der Waals surface area contributed by atoms with Crippen LogP contribution in [-0.4, -0.2) is 19.0 Å². The van der Waals surface area contributed by atoms with Crippen LogP contribution in [-0.2, 0) is 11.2 Å². The molecule has 5 heteroatoms. The molecule has 0 heterocycles. The molecule has 0 saturated heterocycles. The highest BCUT2D eigenvalue weighted by molar-refractivity contribution is 6.33. The SMILES string of the molecule is O=C(CNc1ccccc1Cl)NCCc1ccccc1F. The van der Waals surface area contributed by atoms with E-state index in [1.165, 1.54) is 6.07 Å². The van der Waals surface area contributed by atoms with E-state index < -0.39 is 0 Å². The molecule has 2 aromatic carbocycles. The largest absolute Gasteiger partial charge is 0.375 e. The number of anilines is 1. The molecule has 0 bridgehead atoms. The minimum atomic E-state index is -0.249. The van der Waals surface area contributed by atoms with E-state index >= 15 is 0 Å². The van der Waals surface area contributed by atoms with Gasteiger partial charge in [-0.05, 0) is 30.2 Å². The van der Waals surface area contributed by atoms with Crippen LogP contribution in [0.5, 0.6) is 0 Å². The van der Waals surface area contributed by atoms with Crippen LogP contribution in [0.15, 0.2) is 48.5 Å². The van der Waals surface area contributed by atoms with E-state index in [0.717, 1.165) is 0 Å². The molecule has 0 aliphatic carbocycles. The summed E-state index contributed by atoms with van der Waals surface area (Å²) in [5.74, 6) is -0.410. The Bertz CT molecular complexity index is 619. The minimum Gasteiger partial charge on any atom is -0.375 e. The van der Waals surface area contributed by atoms with Gasteiger partial charge in [0.25, 0.3) is 0 Å². The zero-order valence-corrected chi connectivity index (χ0v) is 12.2. The average molecular weight is 307 g/mol. The number of nitrogens with one attached hydrogen (secondary N) is 2. The second-order valence-electron chi connectivity index (χ2n) is 4.52. The fraction of sp³-hybridized carbons (Fsp3) is 0.188. The molecule has 0 atom stereocenters. The first-order valence-electron chi connectivity index (χ1n) is 6.65. The summed E-state index contributed by atoms with van der Waals surface area (Å²) in [6, 6.07) is 13.8. The number of halogens is 2. The summed E-state index contributed by atoms with van der Waals surface area (Å²) in [5.41, 5.74) is 1.31. The van der Waals surface area contributed by atoms with Gasteiger partial charge in [0, 0.05) is 6.54 Å². The monoisotopic (exact) mass is 306 g/mol. The second kappa shape index (κ2) is 7.64. The first kappa shape index (κ1) is 15.3. The van der Waals surface area contributed by atoms with Gasteiger partial charge in [0.15, 0.2) is 0 Å². The summed E-state index contributed by atoms with van der Waals surface area (Å²) in [7, 11) is 0. The van der Waals surface area contributed by atoms with E-state index in [-0.39, 0.29) is 18.3 Å². The Kier molecular flexibility index (Phi) is 5.58. The number of benzene rings is 2. The Labute approximate surface area is 128 Å². The maximum absolute atomic E-state index is 13.4. The first-order chi connectivity index (χ1) is 10.2. The molecule has 0 spiro atoms. The molecular formula is C16H16ClFN2O. The van der Waals surface area contributed by atoms with Crippen molar-refractivity contribution < 1.29 is 9.18 Å². The van der Waals surface area contributed by atoms with Crippen LogP contribution in [0.2, 0.25) is 5.02 Å². The Morgan fingerprint density at radius 1 is 1.10 bits per heavy atom. The third-order valence-corrected chi connectivity index (χ3v) is 3.32. The van der Waals surface area contributed by atoms with Crippen molar-refractivity contribution in [2.24, 2.45) is 0 Å². The second-order valence-corrected chi connectivity index (χ2v) is 4.93. The molecule has 21 heavy (non-hydrogen) atoms. The molecular weight excluding hydrogens is 291 g/mol. The van der Waals surface area contributed by atoms with E-state index in [0.29, 0.717) is 29.2 Å². The number of carbonyl (C=O) groups is 1. The first-order valence-corrected chi connectivity index (χ1v) is 7.03. The Balaban J connectivity index is 1.73. The lowest BCUT2D eigenvalue weighted by Gasteiger charge is -2.09. The number of hydrogen-bond acceptors (Lipinski definition) is 2. The van der Waals surface area contributed by atoms with Gasteiger partial charge in [0.1, 0.15) is 5.82 Å². The summed E-state index contributed by atoms with van der Waals surface area (Å²) >= 11 is 5.97. The lowest BCUT2D eigenvalue weighted by molar-refractivity contribution is -0.119.